The largest absolute Gasteiger partial charge is 0.348 e. The fourth-order valence-electron chi connectivity index (χ4n) is 3.50. The number of likely N-dealkylation sites (tertiary alicyclic amines) is 1. The number of amides is 2. The molecule has 26 heavy (non-hydrogen) atoms. The van der Waals surface area contributed by atoms with Crippen molar-refractivity contribution < 1.29 is 9.59 Å². The van der Waals surface area contributed by atoms with E-state index in [2.05, 4.69) is 10.3 Å². The zero-order chi connectivity index (χ0) is 18.7. The molecule has 0 aliphatic carbocycles. The van der Waals surface area contributed by atoms with Crippen molar-refractivity contribution in [1.82, 2.24) is 15.2 Å². The quantitative estimate of drug-likeness (QED) is 0.878. The molecule has 1 aliphatic rings. The predicted octanol–water partition coefficient (Wildman–Crippen LogP) is 1.94. The Morgan fingerprint density at radius 1 is 1.15 bits per heavy atom. The molecule has 3 N–H and O–H groups in total. The van der Waals surface area contributed by atoms with Crippen molar-refractivity contribution in [3.63, 3.8) is 0 Å². The number of nitrogens with two attached hydrogens (primary N) is 1. The van der Waals surface area contributed by atoms with Crippen LogP contribution in [-0.2, 0) is 4.79 Å². The Hall–Kier alpha value is -2.47. The lowest BCUT2D eigenvalue weighted by molar-refractivity contribution is -0.133. The van der Waals surface area contributed by atoms with Gasteiger partial charge < -0.3 is 16.0 Å². The summed E-state index contributed by atoms with van der Waals surface area (Å²) in [5, 5.41) is 4.08. The second kappa shape index (κ2) is 7.83. The molecule has 0 saturated carbocycles. The van der Waals surface area contributed by atoms with E-state index >= 15 is 0 Å². The predicted molar refractivity (Wildman–Crippen MR) is 102 cm³/mol. The normalized spacial score (nSPS) is 17.7. The number of aromatic nitrogens is 1. The average Bonchev–Trinajstić information content (AvgIpc) is 2.67. The summed E-state index contributed by atoms with van der Waals surface area (Å²) in [6.45, 7) is 5.12. The minimum atomic E-state index is -0.456. The van der Waals surface area contributed by atoms with Gasteiger partial charge in [0.05, 0.1) is 11.6 Å². The van der Waals surface area contributed by atoms with Crippen molar-refractivity contribution >= 4 is 22.7 Å². The number of nitrogens with zero attached hydrogens (tertiary/aromatic N) is 2. The monoisotopic (exact) mass is 354 g/mol. The van der Waals surface area contributed by atoms with E-state index in [1.807, 2.05) is 42.2 Å². The molecular formula is C20H26N4O2. The molecule has 2 atom stereocenters. The van der Waals surface area contributed by atoms with Crippen LogP contribution in [0.2, 0.25) is 0 Å². The van der Waals surface area contributed by atoms with E-state index in [-0.39, 0.29) is 17.9 Å². The van der Waals surface area contributed by atoms with Crippen molar-refractivity contribution in [2.75, 3.05) is 13.1 Å². The van der Waals surface area contributed by atoms with E-state index in [1.54, 1.807) is 13.0 Å². The number of carbonyl (C=O) groups is 2. The number of rotatable bonds is 4. The number of nitrogens with one attached hydrogen (secondary N) is 1. The van der Waals surface area contributed by atoms with Gasteiger partial charge in [-0.2, -0.15) is 0 Å². The first-order valence-electron chi connectivity index (χ1n) is 9.16. The highest BCUT2D eigenvalue weighted by atomic mass is 16.2. The third-order valence-electron chi connectivity index (χ3n) is 5.14. The zero-order valence-corrected chi connectivity index (χ0v) is 15.3. The van der Waals surface area contributed by atoms with Gasteiger partial charge in [0.15, 0.2) is 0 Å². The lowest BCUT2D eigenvalue weighted by Gasteiger charge is -2.35. The summed E-state index contributed by atoms with van der Waals surface area (Å²) in [7, 11) is 0. The smallest absolute Gasteiger partial charge is 0.270 e. The van der Waals surface area contributed by atoms with Crippen LogP contribution in [0.15, 0.2) is 36.4 Å². The van der Waals surface area contributed by atoms with Crippen LogP contribution in [0.25, 0.3) is 10.9 Å². The fourth-order valence-corrected chi connectivity index (χ4v) is 3.50. The summed E-state index contributed by atoms with van der Waals surface area (Å²) < 4.78 is 0. The maximum Gasteiger partial charge on any atom is 0.270 e. The van der Waals surface area contributed by atoms with E-state index < -0.39 is 6.04 Å². The van der Waals surface area contributed by atoms with Gasteiger partial charge >= 0.3 is 0 Å². The Kier molecular flexibility index (Phi) is 5.52. The lowest BCUT2D eigenvalue weighted by atomic mass is 9.90. The van der Waals surface area contributed by atoms with E-state index in [0.717, 1.165) is 23.7 Å². The molecule has 2 heterocycles. The van der Waals surface area contributed by atoms with Gasteiger partial charge in [0.1, 0.15) is 5.69 Å². The van der Waals surface area contributed by atoms with Crippen molar-refractivity contribution in [3.05, 3.63) is 42.1 Å². The molecule has 3 rings (SSSR count). The molecule has 1 saturated heterocycles. The Labute approximate surface area is 153 Å². The molecule has 0 bridgehead atoms. The first-order chi connectivity index (χ1) is 12.5. The maximum absolute atomic E-state index is 12.5. The van der Waals surface area contributed by atoms with Crippen molar-refractivity contribution in [3.8, 4) is 0 Å². The molecule has 6 heteroatoms. The molecule has 1 aliphatic heterocycles. The van der Waals surface area contributed by atoms with Gasteiger partial charge in [-0.15, -0.1) is 0 Å². The maximum atomic E-state index is 12.5. The standard InChI is InChI=1S/C20H26N4O2/c1-13(21)20(26)24-11-9-15(10-12-24)14(2)22-19(25)18-8-7-16-5-3-4-6-17(16)23-18/h3-8,13-15H,9-12,21H2,1-2H3,(H,22,25)/t13-,14?/m0/s1. The molecule has 2 amide bonds. The summed E-state index contributed by atoms with van der Waals surface area (Å²) >= 11 is 0. The average molecular weight is 354 g/mol. The van der Waals surface area contributed by atoms with Gasteiger partial charge in [0, 0.05) is 24.5 Å². The van der Waals surface area contributed by atoms with Gasteiger partial charge in [0.25, 0.3) is 5.91 Å². The second-order valence-electron chi connectivity index (χ2n) is 7.10. The molecule has 138 valence electrons. The number of fused-ring (bicyclic) bond motifs is 1. The summed E-state index contributed by atoms with van der Waals surface area (Å²) in [5.41, 5.74) is 6.92. The molecule has 1 aromatic heterocycles. The second-order valence-corrected chi connectivity index (χ2v) is 7.10. The molecular weight excluding hydrogens is 328 g/mol. The van der Waals surface area contributed by atoms with E-state index in [9.17, 15) is 9.59 Å². The SMILES string of the molecule is CC(NC(=O)c1ccc2ccccc2n1)C1CCN(C(=O)[C@H](C)N)CC1. The van der Waals surface area contributed by atoms with Crippen LogP contribution >= 0.6 is 0 Å². The number of hydrogen-bond acceptors (Lipinski definition) is 4. The first-order valence-corrected chi connectivity index (χ1v) is 9.16. The molecule has 1 unspecified atom stereocenters. The Morgan fingerprint density at radius 2 is 1.85 bits per heavy atom. The lowest BCUT2D eigenvalue weighted by Crippen LogP contribution is -2.49. The van der Waals surface area contributed by atoms with E-state index in [0.29, 0.717) is 24.7 Å². The van der Waals surface area contributed by atoms with E-state index in [4.69, 9.17) is 5.73 Å². The molecule has 0 spiro atoms. The Balaban J connectivity index is 1.58. The summed E-state index contributed by atoms with van der Waals surface area (Å²) in [5.74, 6) is 0.189. The number of hydrogen-bond donors (Lipinski definition) is 2. The number of pyridine rings is 1. The fraction of sp³-hybridized carbons (Fsp3) is 0.450. The van der Waals surface area contributed by atoms with Crippen LogP contribution in [0.5, 0.6) is 0 Å². The summed E-state index contributed by atoms with van der Waals surface area (Å²) in [4.78, 5) is 30.8. The van der Waals surface area contributed by atoms with Gasteiger partial charge in [-0.05, 0) is 44.7 Å². The molecule has 6 nitrogen and oxygen atoms in total. The minimum Gasteiger partial charge on any atom is -0.348 e. The number of carbonyl (C=O) groups excluding carboxylic acids is 2. The van der Waals surface area contributed by atoms with Gasteiger partial charge in [0.2, 0.25) is 5.91 Å². The topological polar surface area (TPSA) is 88.3 Å². The van der Waals surface area contributed by atoms with Crippen LogP contribution in [0.3, 0.4) is 0 Å². The van der Waals surface area contributed by atoms with Crippen LogP contribution in [0.4, 0.5) is 0 Å². The highest BCUT2D eigenvalue weighted by molar-refractivity contribution is 5.95. The van der Waals surface area contributed by atoms with Crippen molar-refractivity contribution in [2.45, 2.75) is 38.8 Å². The Bertz CT molecular complexity index is 797. The third kappa shape index (κ3) is 4.02. The van der Waals surface area contributed by atoms with Gasteiger partial charge in [-0.1, -0.05) is 24.3 Å². The molecule has 1 aromatic carbocycles. The van der Waals surface area contributed by atoms with E-state index in [1.165, 1.54) is 0 Å². The van der Waals surface area contributed by atoms with Crippen LogP contribution in [0, 0.1) is 5.92 Å². The van der Waals surface area contributed by atoms with Crippen LogP contribution in [0.1, 0.15) is 37.2 Å². The van der Waals surface area contributed by atoms with Crippen molar-refractivity contribution in [1.29, 1.82) is 0 Å². The third-order valence-corrected chi connectivity index (χ3v) is 5.14. The molecule has 1 fully saturated rings. The van der Waals surface area contributed by atoms with Crippen molar-refractivity contribution in [2.24, 2.45) is 11.7 Å². The minimum absolute atomic E-state index is 0.000465. The van der Waals surface area contributed by atoms with Crippen LogP contribution in [-0.4, -0.2) is 46.9 Å². The number of piperidine rings is 1. The highest BCUT2D eigenvalue weighted by Gasteiger charge is 2.28. The van der Waals surface area contributed by atoms with Gasteiger partial charge in [-0.25, -0.2) is 4.98 Å². The number of para-hydroxylation sites is 1. The van der Waals surface area contributed by atoms with Gasteiger partial charge in [-0.3, -0.25) is 9.59 Å². The zero-order valence-electron chi connectivity index (χ0n) is 15.3. The van der Waals surface area contributed by atoms with Crippen LogP contribution < -0.4 is 11.1 Å². The number of benzene rings is 1. The Morgan fingerprint density at radius 3 is 2.54 bits per heavy atom. The molecule has 2 aromatic rings. The first kappa shape index (κ1) is 18.3. The molecule has 0 radical (unpaired) electrons. The highest BCUT2D eigenvalue weighted by Crippen LogP contribution is 2.21. The summed E-state index contributed by atoms with van der Waals surface area (Å²) in [6, 6.07) is 11.0. The summed E-state index contributed by atoms with van der Waals surface area (Å²) in [6.07, 6.45) is 1.73.